The molecule has 2 saturated heterocycles. The minimum absolute atomic E-state index is 0.0366. The van der Waals surface area contributed by atoms with Crippen molar-refractivity contribution in [3.63, 3.8) is 0 Å². The highest BCUT2D eigenvalue weighted by Crippen LogP contribution is 2.36. The summed E-state index contributed by atoms with van der Waals surface area (Å²) < 4.78 is 93.2. The Morgan fingerprint density at radius 2 is 1.49 bits per heavy atom. The topological polar surface area (TPSA) is 35.6 Å². The molecule has 2 heterocycles. The van der Waals surface area contributed by atoms with Gasteiger partial charge >= 0.3 is 12.4 Å². The Morgan fingerprint density at radius 1 is 0.872 bits per heavy atom. The van der Waals surface area contributed by atoms with Crippen molar-refractivity contribution < 1.29 is 35.5 Å². The van der Waals surface area contributed by atoms with E-state index in [1.807, 2.05) is 0 Å². The van der Waals surface area contributed by atoms with Crippen molar-refractivity contribution >= 4 is 5.91 Å². The third-order valence-corrected chi connectivity index (χ3v) is 7.59. The molecule has 2 aromatic rings. The first-order valence-corrected chi connectivity index (χ1v) is 13.2. The number of nitrogens with zero attached hydrogens (tertiary/aromatic N) is 2. The highest BCUT2D eigenvalue weighted by molar-refractivity contribution is 5.78. The van der Waals surface area contributed by atoms with E-state index in [9.17, 15) is 35.5 Å². The quantitative estimate of drug-likeness (QED) is 0.410. The van der Waals surface area contributed by atoms with Crippen LogP contribution >= 0.6 is 0 Å². The van der Waals surface area contributed by atoms with Gasteiger partial charge in [-0.05, 0) is 80.2 Å². The van der Waals surface area contributed by atoms with Crippen molar-refractivity contribution in [2.24, 2.45) is 0 Å². The van der Waals surface area contributed by atoms with Gasteiger partial charge in [0.15, 0.2) is 0 Å². The molecule has 0 spiro atoms. The zero-order valence-electron chi connectivity index (χ0n) is 21.4. The second-order valence-corrected chi connectivity index (χ2v) is 10.3. The molecule has 1 unspecified atom stereocenters. The van der Waals surface area contributed by atoms with Crippen LogP contribution in [-0.4, -0.2) is 54.5 Å². The predicted octanol–water partition coefficient (Wildman–Crippen LogP) is 6.21. The van der Waals surface area contributed by atoms with Gasteiger partial charge in [-0.3, -0.25) is 9.69 Å². The van der Waals surface area contributed by atoms with Gasteiger partial charge in [0.25, 0.3) is 0 Å². The lowest BCUT2D eigenvalue weighted by Crippen LogP contribution is -2.49. The first-order valence-electron chi connectivity index (χ1n) is 13.2. The first kappa shape index (κ1) is 29.3. The molecule has 4 rings (SSSR count). The summed E-state index contributed by atoms with van der Waals surface area (Å²) in [5.74, 6) is -1.15. The number of piperidine rings is 2. The van der Waals surface area contributed by atoms with Crippen LogP contribution < -0.4 is 5.32 Å². The van der Waals surface area contributed by atoms with Gasteiger partial charge < -0.3 is 10.2 Å². The Morgan fingerprint density at radius 3 is 2.05 bits per heavy atom. The first-order chi connectivity index (χ1) is 18.4. The Labute approximate surface area is 223 Å². The third kappa shape index (κ3) is 7.94. The zero-order chi connectivity index (χ0) is 28.2. The number of alkyl halides is 6. The highest BCUT2D eigenvalue weighted by Gasteiger charge is 2.37. The van der Waals surface area contributed by atoms with Crippen LogP contribution in [0, 0.1) is 5.82 Å². The molecule has 39 heavy (non-hydrogen) atoms. The fourth-order valence-electron chi connectivity index (χ4n) is 5.60. The van der Waals surface area contributed by atoms with Crippen molar-refractivity contribution in [3.05, 3.63) is 70.5 Å². The lowest BCUT2D eigenvalue weighted by Gasteiger charge is -2.42. The number of benzene rings is 2. The maximum Gasteiger partial charge on any atom is 0.416 e. The molecule has 1 amide bonds. The molecule has 0 radical (unpaired) electrons. The Bertz CT molecular complexity index is 1090. The van der Waals surface area contributed by atoms with Gasteiger partial charge in [-0.25, -0.2) is 4.39 Å². The summed E-state index contributed by atoms with van der Waals surface area (Å²) in [5, 5.41) is 2.66. The van der Waals surface area contributed by atoms with Crippen LogP contribution in [0.15, 0.2) is 42.5 Å². The van der Waals surface area contributed by atoms with Gasteiger partial charge in [-0.15, -0.1) is 0 Å². The number of carbonyl (C=O) groups excluding carboxylic acids is 1. The van der Waals surface area contributed by atoms with Crippen LogP contribution in [0.3, 0.4) is 0 Å². The molecule has 11 heteroatoms. The van der Waals surface area contributed by atoms with E-state index in [1.165, 1.54) is 31.4 Å². The molecule has 0 aliphatic carbocycles. The third-order valence-electron chi connectivity index (χ3n) is 7.59. The Hall–Kier alpha value is -2.66. The van der Waals surface area contributed by atoms with Crippen LogP contribution in [-0.2, 0) is 23.6 Å². The van der Waals surface area contributed by atoms with E-state index in [0.29, 0.717) is 23.7 Å². The maximum atomic E-state index is 14.1. The molecular weight excluding hydrogens is 527 g/mol. The summed E-state index contributed by atoms with van der Waals surface area (Å²) in [4.78, 5) is 17.4. The van der Waals surface area contributed by atoms with Crippen molar-refractivity contribution in [2.75, 3.05) is 32.7 Å². The van der Waals surface area contributed by atoms with Gasteiger partial charge in [0, 0.05) is 25.7 Å². The number of hydrogen-bond acceptors (Lipinski definition) is 3. The molecule has 2 aliphatic rings. The van der Waals surface area contributed by atoms with Crippen LogP contribution in [0.25, 0.3) is 0 Å². The number of amides is 1. The lowest BCUT2D eigenvalue weighted by atomic mass is 9.96. The molecule has 0 bridgehead atoms. The number of rotatable bonds is 7. The average Bonchev–Trinajstić information content (AvgIpc) is 2.88. The smallest absolute Gasteiger partial charge is 0.354 e. The zero-order valence-corrected chi connectivity index (χ0v) is 21.4. The van der Waals surface area contributed by atoms with Gasteiger partial charge in [0.1, 0.15) is 5.82 Å². The predicted molar refractivity (Wildman–Crippen MR) is 132 cm³/mol. The number of carbonyl (C=O) groups is 1. The molecule has 0 saturated carbocycles. The summed E-state index contributed by atoms with van der Waals surface area (Å²) in [6, 6.07) is 7.25. The van der Waals surface area contributed by atoms with E-state index in [0.717, 1.165) is 39.0 Å². The molecule has 2 fully saturated rings. The normalized spacial score (nSPS) is 19.2. The van der Waals surface area contributed by atoms with E-state index in [4.69, 9.17) is 0 Å². The monoisotopic (exact) mass is 559 g/mol. The average molecular weight is 560 g/mol. The van der Waals surface area contributed by atoms with Crippen LogP contribution in [0.1, 0.15) is 60.4 Å². The number of halogens is 7. The van der Waals surface area contributed by atoms with Crippen molar-refractivity contribution in [3.8, 4) is 0 Å². The van der Waals surface area contributed by atoms with Gasteiger partial charge in [-0.2, -0.15) is 26.3 Å². The summed E-state index contributed by atoms with van der Waals surface area (Å²) in [5.41, 5.74) is -2.67. The van der Waals surface area contributed by atoms with Crippen LogP contribution in [0.4, 0.5) is 30.7 Å². The van der Waals surface area contributed by atoms with Crippen LogP contribution in [0.5, 0.6) is 0 Å². The van der Waals surface area contributed by atoms with E-state index >= 15 is 0 Å². The van der Waals surface area contributed by atoms with Gasteiger partial charge in [0.05, 0.1) is 23.6 Å². The standard InChI is InChI=1S/C28H32F7N3O/c29-23-6-4-5-20(16-23)25(38-11-7-24(8-12-38)37-9-2-1-3-10-37)18-36-26(39)15-19-13-21(27(30,31)32)17-22(14-19)28(33,34)35/h4-6,13-14,16-17,24-25H,1-3,7-12,15,18H2,(H,36,39). The molecule has 214 valence electrons. The van der Waals surface area contributed by atoms with E-state index in [-0.39, 0.29) is 24.2 Å². The largest absolute Gasteiger partial charge is 0.416 e. The molecule has 2 aromatic carbocycles. The fourth-order valence-corrected chi connectivity index (χ4v) is 5.60. The van der Waals surface area contributed by atoms with E-state index in [1.54, 1.807) is 12.1 Å². The molecule has 1 atom stereocenters. The highest BCUT2D eigenvalue weighted by atomic mass is 19.4. The molecule has 0 aromatic heterocycles. The fraction of sp³-hybridized carbons (Fsp3) is 0.536. The van der Waals surface area contributed by atoms with Crippen molar-refractivity contribution in [1.82, 2.24) is 15.1 Å². The van der Waals surface area contributed by atoms with Crippen molar-refractivity contribution in [1.29, 1.82) is 0 Å². The van der Waals surface area contributed by atoms with Gasteiger partial charge in [0.2, 0.25) is 5.91 Å². The summed E-state index contributed by atoms with van der Waals surface area (Å²) in [7, 11) is 0. The van der Waals surface area contributed by atoms with E-state index in [2.05, 4.69) is 15.1 Å². The summed E-state index contributed by atoms with van der Waals surface area (Å²) in [6.45, 7) is 3.66. The van der Waals surface area contributed by atoms with Crippen LogP contribution in [0.2, 0.25) is 0 Å². The van der Waals surface area contributed by atoms with E-state index < -0.39 is 41.6 Å². The lowest BCUT2D eigenvalue weighted by molar-refractivity contribution is -0.143. The van der Waals surface area contributed by atoms with Gasteiger partial charge in [-0.1, -0.05) is 18.6 Å². The number of likely N-dealkylation sites (tertiary alicyclic amines) is 2. The minimum Gasteiger partial charge on any atom is -0.354 e. The molecule has 1 N–H and O–H groups in total. The second kappa shape index (κ2) is 12.2. The maximum absolute atomic E-state index is 14.1. The van der Waals surface area contributed by atoms with Crippen molar-refractivity contribution in [2.45, 2.75) is 63.0 Å². The number of hydrogen-bond donors (Lipinski definition) is 1. The molecule has 2 aliphatic heterocycles. The Kier molecular flexibility index (Phi) is 9.21. The minimum atomic E-state index is -4.99. The summed E-state index contributed by atoms with van der Waals surface area (Å²) in [6.07, 6.45) is -5.17. The molecule has 4 nitrogen and oxygen atoms in total. The Balaban J connectivity index is 1.45. The SMILES string of the molecule is O=C(Cc1cc(C(F)(F)F)cc(C(F)(F)F)c1)NCC(c1cccc(F)c1)N1CCC(N2CCCCC2)CC1. The summed E-state index contributed by atoms with van der Waals surface area (Å²) >= 11 is 0. The second-order valence-electron chi connectivity index (χ2n) is 10.3. The number of nitrogens with one attached hydrogen (secondary N) is 1. The molecular formula is C28H32F7N3O.